The van der Waals surface area contributed by atoms with E-state index in [9.17, 15) is 4.79 Å². The molecule has 0 aliphatic heterocycles. The summed E-state index contributed by atoms with van der Waals surface area (Å²) in [7, 11) is 6.49. The van der Waals surface area contributed by atoms with Crippen LogP contribution in [0.4, 0.5) is 0 Å². The molecule has 0 aliphatic rings. The molecule has 3 aromatic carbocycles. The maximum atomic E-state index is 11.2. The number of ether oxygens (including phenoxy) is 4. The van der Waals surface area contributed by atoms with Crippen LogP contribution >= 0.6 is 0 Å². The van der Waals surface area contributed by atoms with Crippen LogP contribution in [-0.4, -0.2) is 40.9 Å². The van der Waals surface area contributed by atoms with Crippen LogP contribution in [0.15, 0.2) is 30.3 Å². The molecule has 28 heavy (non-hydrogen) atoms. The molecule has 3 rings (SSSR count). The molecule has 0 unspecified atom stereocenters. The summed E-state index contributed by atoms with van der Waals surface area (Å²) < 4.78 is 22.2. The molecule has 148 valence electrons. The number of amides is 1. The fourth-order valence-corrected chi connectivity index (χ4v) is 3.52. The van der Waals surface area contributed by atoms with Crippen LogP contribution in [0.25, 0.3) is 21.5 Å². The highest BCUT2D eigenvalue weighted by Crippen LogP contribution is 2.44. The van der Waals surface area contributed by atoms with E-state index in [1.807, 2.05) is 24.3 Å². The number of fused-ring (bicyclic) bond motifs is 3. The zero-order chi connectivity index (χ0) is 20.3. The molecular weight excluding hydrogens is 358 g/mol. The summed E-state index contributed by atoms with van der Waals surface area (Å²) >= 11 is 0. The second-order valence-corrected chi connectivity index (χ2v) is 6.42. The van der Waals surface area contributed by atoms with E-state index in [-0.39, 0.29) is 5.91 Å². The van der Waals surface area contributed by atoms with Crippen LogP contribution in [-0.2, 0) is 11.2 Å². The summed E-state index contributed by atoms with van der Waals surface area (Å²) in [5.74, 6) is 2.58. The number of carbonyl (C=O) groups is 1. The van der Waals surface area contributed by atoms with Crippen molar-refractivity contribution in [3.05, 3.63) is 35.9 Å². The summed E-state index contributed by atoms with van der Waals surface area (Å²) in [6, 6.07) is 9.98. The molecule has 0 saturated heterocycles. The summed E-state index contributed by atoms with van der Waals surface area (Å²) in [6.45, 7) is 2.06. The van der Waals surface area contributed by atoms with E-state index >= 15 is 0 Å². The Balaban J connectivity index is 2.32. The Morgan fingerprint density at radius 3 is 2.14 bits per heavy atom. The van der Waals surface area contributed by atoms with Gasteiger partial charge in [0.05, 0.1) is 28.4 Å². The Morgan fingerprint density at radius 1 is 0.857 bits per heavy atom. The third kappa shape index (κ3) is 3.50. The molecule has 6 heteroatoms. The Hall–Kier alpha value is -3.15. The summed E-state index contributed by atoms with van der Waals surface area (Å²) in [6.07, 6.45) is 0.676. The smallest absolute Gasteiger partial charge is 0.216 e. The molecule has 0 radical (unpaired) electrons. The van der Waals surface area contributed by atoms with Crippen molar-refractivity contribution in [2.75, 3.05) is 35.0 Å². The van der Waals surface area contributed by atoms with Crippen molar-refractivity contribution in [2.45, 2.75) is 13.3 Å². The van der Waals surface area contributed by atoms with Gasteiger partial charge in [0, 0.05) is 18.9 Å². The van der Waals surface area contributed by atoms with Crippen molar-refractivity contribution in [3.8, 4) is 23.0 Å². The van der Waals surface area contributed by atoms with Crippen LogP contribution in [0.1, 0.15) is 12.5 Å². The summed E-state index contributed by atoms with van der Waals surface area (Å²) in [5.41, 5.74) is 1.07. The Morgan fingerprint density at radius 2 is 1.54 bits per heavy atom. The normalized spacial score (nSPS) is 10.8. The molecule has 0 aliphatic carbocycles. The first-order valence-electron chi connectivity index (χ1n) is 9.00. The van der Waals surface area contributed by atoms with E-state index in [0.717, 1.165) is 27.1 Å². The molecule has 0 heterocycles. The lowest BCUT2D eigenvalue weighted by Gasteiger charge is -2.18. The van der Waals surface area contributed by atoms with Gasteiger partial charge < -0.3 is 24.3 Å². The number of hydrogen-bond donors (Lipinski definition) is 1. The predicted molar refractivity (Wildman–Crippen MR) is 110 cm³/mol. The van der Waals surface area contributed by atoms with Crippen LogP contribution in [0, 0.1) is 0 Å². The number of hydrogen-bond acceptors (Lipinski definition) is 5. The fraction of sp³-hybridized carbons (Fsp3) is 0.318. The topological polar surface area (TPSA) is 66.0 Å². The molecular formula is C22H25NO5. The molecule has 0 saturated carbocycles. The first kappa shape index (κ1) is 19.6. The van der Waals surface area contributed by atoms with Crippen LogP contribution in [0.3, 0.4) is 0 Å². The zero-order valence-corrected chi connectivity index (χ0v) is 16.8. The maximum absolute atomic E-state index is 11.2. The van der Waals surface area contributed by atoms with Crippen molar-refractivity contribution in [2.24, 2.45) is 0 Å². The third-order valence-electron chi connectivity index (χ3n) is 4.82. The van der Waals surface area contributed by atoms with Gasteiger partial charge in [0.2, 0.25) is 5.91 Å². The molecule has 0 aromatic heterocycles. The van der Waals surface area contributed by atoms with Gasteiger partial charge in [0.1, 0.15) is 0 Å². The minimum absolute atomic E-state index is 0.0490. The van der Waals surface area contributed by atoms with Crippen molar-refractivity contribution in [1.82, 2.24) is 5.32 Å². The van der Waals surface area contributed by atoms with E-state index in [1.165, 1.54) is 6.92 Å². The van der Waals surface area contributed by atoms with Gasteiger partial charge in [-0.3, -0.25) is 4.79 Å². The quantitative estimate of drug-likeness (QED) is 0.630. The van der Waals surface area contributed by atoms with Gasteiger partial charge in [-0.15, -0.1) is 0 Å². The number of methoxy groups -OCH3 is 4. The van der Waals surface area contributed by atoms with Crippen molar-refractivity contribution >= 4 is 27.5 Å². The Bertz CT molecular complexity index is 1030. The van der Waals surface area contributed by atoms with Gasteiger partial charge >= 0.3 is 0 Å². The summed E-state index contributed by atoms with van der Waals surface area (Å²) in [5, 5.41) is 6.82. The van der Waals surface area contributed by atoms with Gasteiger partial charge in [0.25, 0.3) is 0 Å². The molecule has 0 atom stereocenters. The number of rotatable bonds is 7. The first-order valence-corrected chi connectivity index (χ1v) is 9.00. The molecule has 1 N–H and O–H groups in total. The van der Waals surface area contributed by atoms with Gasteiger partial charge in [-0.25, -0.2) is 0 Å². The standard InChI is InChI=1S/C22H25NO5/c1-13(24)23-9-8-15-11-20(27-4)22(28-5)21-16(15)7-6-14-10-18(25-2)19(26-3)12-17(14)21/h6-7,10-12H,8-9H2,1-5H3,(H,23,24). The van der Waals surface area contributed by atoms with E-state index in [0.29, 0.717) is 36.0 Å². The van der Waals surface area contributed by atoms with E-state index < -0.39 is 0 Å². The largest absolute Gasteiger partial charge is 0.493 e. The number of nitrogens with one attached hydrogen (secondary N) is 1. The van der Waals surface area contributed by atoms with E-state index in [2.05, 4.69) is 11.4 Å². The highest BCUT2D eigenvalue weighted by molar-refractivity contribution is 6.13. The van der Waals surface area contributed by atoms with Gasteiger partial charge in [-0.2, -0.15) is 0 Å². The van der Waals surface area contributed by atoms with Crippen LogP contribution in [0.5, 0.6) is 23.0 Å². The molecule has 6 nitrogen and oxygen atoms in total. The average Bonchev–Trinajstić information content (AvgIpc) is 2.71. The highest BCUT2D eigenvalue weighted by atomic mass is 16.5. The molecule has 0 spiro atoms. The average molecular weight is 383 g/mol. The third-order valence-corrected chi connectivity index (χ3v) is 4.82. The second-order valence-electron chi connectivity index (χ2n) is 6.42. The fourth-order valence-electron chi connectivity index (χ4n) is 3.52. The molecule has 0 fully saturated rings. The van der Waals surface area contributed by atoms with Gasteiger partial charge in [-0.05, 0) is 46.3 Å². The SMILES string of the molecule is COc1cc2ccc3c(CCNC(C)=O)cc(OC)c(OC)c3c2cc1OC. The molecule has 1 amide bonds. The maximum Gasteiger partial charge on any atom is 0.216 e. The predicted octanol–water partition coefficient (Wildman–Crippen LogP) is 3.71. The lowest BCUT2D eigenvalue weighted by Crippen LogP contribution is -2.22. The van der Waals surface area contributed by atoms with Crippen molar-refractivity contribution < 1.29 is 23.7 Å². The second kappa shape index (κ2) is 8.25. The van der Waals surface area contributed by atoms with Crippen molar-refractivity contribution in [1.29, 1.82) is 0 Å². The molecule has 3 aromatic rings. The van der Waals surface area contributed by atoms with E-state index in [4.69, 9.17) is 18.9 Å². The monoisotopic (exact) mass is 383 g/mol. The van der Waals surface area contributed by atoms with E-state index in [1.54, 1.807) is 28.4 Å². The Kier molecular flexibility index (Phi) is 5.78. The van der Waals surface area contributed by atoms with Crippen LogP contribution < -0.4 is 24.3 Å². The first-order chi connectivity index (χ1) is 13.5. The summed E-state index contributed by atoms with van der Waals surface area (Å²) in [4.78, 5) is 11.2. The number of benzene rings is 3. The minimum Gasteiger partial charge on any atom is -0.493 e. The van der Waals surface area contributed by atoms with Gasteiger partial charge in [-0.1, -0.05) is 12.1 Å². The van der Waals surface area contributed by atoms with Gasteiger partial charge in [0.15, 0.2) is 23.0 Å². The van der Waals surface area contributed by atoms with Crippen LogP contribution in [0.2, 0.25) is 0 Å². The number of carbonyl (C=O) groups excluding carboxylic acids is 1. The Labute approximate surface area is 164 Å². The molecule has 0 bridgehead atoms. The minimum atomic E-state index is -0.0490. The van der Waals surface area contributed by atoms with Crippen molar-refractivity contribution in [3.63, 3.8) is 0 Å². The zero-order valence-electron chi connectivity index (χ0n) is 16.8. The lowest BCUT2D eigenvalue weighted by molar-refractivity contribution is -0.118. The highest BCUT2D eigenvalue weighted by Gasteiger charge is 2.18. The lowest BCUT2D eigenvalue weighted by atomic mass is 9.95.